The molecule has 0 spiro atoms. The first-order valence-electron chi connectivity index (χ1n) is 6.96. The third-order valence-corrected chi connectivity index (χ3v) is 5.11. The molecule has 2 bridgehead atoms. The Labute approximate surface area is 108 Å². The molecule has 0 amide bonds. The van der Waals surface area contributed by atoms with Crippen molar-refractivity contribution in [3.8, 4) is 0 Å². The maximum Gasteiger partial charge on any atom is 0.309 e. The fourth-order valence-electron chi connectivity index (χ4n) is 4.35. The van der Waals surface area contributed by atoms with Gasteiger partial charge < -0.3 is 14.2 Å². The quantitative estimate of drug-likeness (QED) is 0.716. The van der Waals surface area contributed by atoms with Gasteiger partial charge in [0.2, 0.25) is 0 Å². The lowest BCUT2D eigenvalue weighted by atomic mass is 9.83. The van der Waals surface area contributed by atoms with Crippen LogP contribution in [0.25, 0.3) is 0 Å². The van der Waals surface area contributed by atoms with E-state index < -0.39 is 0 Å². The molecule has 4 heteroatoms. The molecule has 18 heavy (non-hydrogen) atoms. The first kappa shape index (κ1) is 12.4. The number of rotatable bonds is 3. The Morgan fingerprint density at radius 3 is 2.17 bits per heavy atom. The van der Waals surface area contributed by atoms with Crippen LogP contribution >= 0.6 is 0 Å². The molecule has 2 saturated heterocycles. The first-order valence-corrected chi connectivity index (χ1v) is 6.96. The highest BCUT2D eigenvalue weighted by atomic mass is 16.5. The standard InChI is InChI=1S/C14H22O4/c1-5-17-14(15)10-8-9(10)13-7(3)11(16-4)6(2)12(8)18-13/h6-13H,5H2,1-4H3/t6-,7+,8+,9-,10?,11?,12+,13-. The monoisotopic (exact) mass is 254 g/mol. The fraction of sp³-hybridized carbons (Fsp3) is 0.929. The molecule has 0 aromatic rings. The van der Waals surface area contributed by atoms with E-state index in [0.29, 0.717) is 30.3 Å². The summed E-state index contributed by atoms with van der Waals surface area (Å²) in [5.74, 6) is 1.50. The molecule has 4 nitrogen and oxygen atoms in total. The molecular formula is C14H22O4. The third-order valence-electron chi connectivity index (χ3n) is 5.11. The predicted octanol–water partition coefficient (Wildman–Crippen LogP) is 1.48. The number of hydrogen-bond acceptors (Lipinski definition) is 4. The molecule has 2 aliphatic heterocycles. The van der Waals surface area contributed by atoms with Crippen LogP contribution < -0.4 is 0 Å². The summed E-state index contributed by atoms with van der Waals surface area (Å²) in [5.41, 5.74) is 0. The summed E-state index contributed by atoms with van der Waals surface area (Å²) in [5, 5.41) is 0. The summed E-state index contributed by atoms with van der Waals surface area (Å²) in [6, 6.07) is 0. The topological polar surface area (TPSA) is 44.8 Å². The lowest BCUT2D eigenvalue weighted by Gasteiger charge is -2.41. The molecular weight excluding hydrogens is 232 g/mol. The molecule has 3 fully saturated rings. The second kappa shape index (κ2) is 4.20. The normalized spacial score (nSPS) is 52.9. The molecule has 0 aromatic carbocycles. The van der Waals surface area contributed by atoms with Gasteiger partial charge in [-0.3, -0.25) is 4.79 Å². The minimum Gasteiger partial charge on any atom is -0.466 e. The predicted molar refractivity (Wildman–Crippen MR) is 64.9 cm³/mol. The molecule has 102 valence electrons. The highest BCUT2D eigenvalue weighted by molar-refractivity contribution is 5.77. The second-order valence-electron chi connectivity index (χ2n) is 5.92. The fourth-order valence-corrected chi connectivity index (χ4v) is 4.35. The Balaban J connectivity index is 1.77. The molecule has 0 aromatic heterocycles. The molecule has 2 unspecified atom stereocenters. The summed E-state index contributed by atoms with van der Waals surface area (Å²) < 4.78 is 16.9. The SMILES string of the molecule is CCOC(=O)C1[C@@H]2[C@@H]3O[C@H]([C@H]12)[C@H](C)C(OC)[C@@H]3C. The molecule has 2 heterocycles. The van der Waals surface area contributed by atoms with Crippen molar-refractivity contribution >= 4 is 5.97 Å². The van der Waals surface area contributed by atoms with Crippen molar-refractivity contribution in [3.05, 3.63) is 0 Å². The zero-order valence-corrected chi connectivity index (χ0v) is 11.5. The van der Waals surface area contributed by atoms with Crippen molar-refractivity contribution in [2.75, 3.05) is 13.7 Å². The maximum atomic E-state index is 11.9. The van der Waals surface area contributed by atoms with E-state index in [9.17, 15) is 4.79 Å². The average molecular weight is 254 g/mol. The van der Waals surface area contributed by atoms with E-state index in [1.54, 1.807) is 7.11 Å². The molecule has 0 radical (unpaired) electrons. The Bertz CT molecular complexity index is 334. The Kier molecular flexibility index (Phi) is 2.90. The molecule has 1 saturated carbocycles. The van der Waals surface area contributed by atoms with Crippen LogP contribution in [-0.4, -0.2) is 38.0 Å². The summed E-state index contributed by atoms with van der Waals surface area (Å²) in [6.45, 7) is 6.68. The zero-order chi connectivity index (χ0) is 13.0. The lowest BCUT2D eigenvalue weighted by Crippen LogP contribution is -2.48. The van der Waals surface area contributed by atoms with Crippen LogP contribution in [0.4, 0.5) is 0 Å². The summed E-state index contributed by atoms with van der Waals surface area (Å²) in [6.07, 6.45) is 0.607. The highest BCUT2D eigenvalue weighted by Gasteiger charge is 2.72. The van der Waals surface area contributed by atoms with E-state index in [2.05, 4.69) is 13.8 Å². The largest absolute Gasteiger partial charge is 0.466 e. The van der Waals surface area contributed by atoms with Crippen LogP contribution in [0.2, 0.25) is 0 Å². The number of carbonyl (C=O) groups excluding carboxylic acids is 1. The van der Waals surface area contributed by atoms with E-state index in [1.165, 1.54) is 0 Å². The third kappa shape index (κ3) is 1.48. The second-order valence-corrected chi connectivity index (χ2v) is 5.92. The number of ether oxygens (including phenoxy) is 3. The smallest absolute Gasteiger partial charge is 0.309 e. The molecule has 8 atom stereocenters. The van der Waals surface area contributed by atoms with Crippen LogP contribution in [0.5, 0.6) is 0 Å². The van der Waals surface area contributed by atoms with Crippen LogP contribution in [-0.2, 0) is 19.0 Å². The number of esters is 1. The van der Waals surface area contributed by atoms with E-state index >= 15 is 0 Å². The van der Waals surface area contributed by atoms with E-state index in [4.69, 9.17) is 14.2 Å². The number of hydrogen-bond donors (Lipinski definition) is 0. The van der Waals surface area contributed by atoms with Gasteiger partial charge in [0.1, 0.15) is 0 Å². The Hall–Kier alpha value is -0.610. The summed E-state index contributed by atoms with van der Waals surface area (Å²) in [7, 11) is 1.77. The van der Waals surface area contributed by atoms with Crippen LogP contribution in [0, 0.1) is 29.6 Å². The van der Waals surface area contributed by atoms with Gasteiger partial charge in [0.15, 0.2) is 0 Å². The molecule has 1 aliphatic carbocycles. The van der Waals surface area contributed by atoms with Crippen molar-refractivity contribution < 1.29 is 19.0 Å². The molecule has 0 N–H and O–H groups in total. The Morgan fingerprint density at radius 1 is 1.17 bits per heavy atom. The summed E-state index contributed by atoms with van der Waals surface area (Å²) in [4.78, 5) is 11.9. The van der Waals surface area contributed by atoms with E-state index in [1.807, 2.05) is 6.92 Å². The zero-order valence-electron chi connectivity index (χ0n) is 11.5. The van der Waals surface area contributed by atoms with Crippen molar-refractivity contribution in [1.29, 1.82) is 0 Å². The van der Waals surface area contributed by atoms with Gasteiger partial charge in [-0.1, -0.05) is 13.8 Å². The first-order chi connectivity index (χ1) is 8.61. The Morgan fingerprint density at radius 2 is 1.72 bits per heavy atom. The van der Waals surface area contributed by atoms with Crippen molar-refractivity contribution in [1.82, 2.24) is 0 Å². The lowest BCUT2D eigenvalue weighted by molar-refractivity contribution is -0.169. The van der Waals surface area contributed by atoms with Gasteiger partial charge in [0.05, 0.1) is 30.8 Å². The molecule has 3 aliphatic rings. The number of carbonyl (C=O) groups is 1. The maximum absolute atomic E-state index is 11.9. The van der Waals surface area contributed by atoms with Gasteiger partial charge in [-0.15, -0.1) is 0 Å². The highest BCUT2D eigenvalue weighted by Crippen LogP contribution is 2.64. The number of methoxy groups -OCH3 is 1. The van der Waals surface area contributed by atoms with Gasteiger partial charge >= 0.3 is 5.97 Å². The average Bonchev–Trinajstić information content (AvgIpc) is 2.96. The van der Waals surface area contributed by atoms with Crippen LogP contribution in [0.3, 0.4) is 0 Å². The van der Waals surface area contributed by atoms with E-state index in [-0.39, 0.29) is 30.2 Å². The summed E-state index contributed by atoms with van der Waals surface area (Å²) >= 11 is 0. The van der Waals surface area contributed by atoms with Gasteiger partial charge in [-0.2, -0.15) is 0 Å². The van der Waals surface area contributed by atoms with Gasteiger partial charge in [0, 0.05) is 30.8 Å². The van der Waals surface area contributed by atoms with Crippen molar-refractivity contribution in [3.63, 3.8) is 0 Å². The number of fused-ring (bicyclic) bond motifs is 5. The van der Waals surface area contributed by atoms with Crippen molar-refractivity contribution in [2.45, 2.75) is 39.1 Å². The van der Waals surface area contributed by atoms with Crippen LogP contribution in [0.15, 0.2) is 0 Å². The van der Waals surface area contributed by atoms with E-state index in [0.717, 1.165) is 0 Å². The van der Waals surface area contributed by atoms with Gasteiger partial charge in [-0.05, 0) is 6.92 Å². The minimum atomic E-state index is -0.0268. The van der Waals surface area contributed by atoms with Gasteiger partial charge in [0.25, 0.3) is 0 Å². The van der Waals surface area contributed by atoms with Crippen LogP contribution in [0.1, 0.15) is 20.8 Å². The van der Waals surface area contributed by atoms with Crippen molar-refractivity contribution in [2.24, 2.45) is 29.6 Å². The van der Waals surface area contributed by atoms with Gasteiger partial charge in [-0.25, -0.2) is 0 Å². The molecule has 3 rings (SSSR count). The minimum absolute atomic E-state index is 0.0268.